The zero-order valence-corrected chi connectivity index (χ0v) is 20.9. The quantitative estimate of drug-likeness (QED) is 0.156. The van der Waals surface area contributed by atoms with Crippen molar-refractivity contribution in [1.29, 1.82) is 0 Å². The number of halogens is 1. The molecule has 1 atom stereocenters. The second kappa shape index (κ2) is 11.2. The molecule has 1 aromatic heterocycles. The van der Waals surface area contributed by atoms with Crippen molar-refractivity contribution in [2.45, 2.75) is 31.7 Å². The van der Waals surface area contributed by atoms with Crippen molar-refractivity contribution in [3.05, 3.63) is 71.0 Å². The molecule has 10 N–H and O–H groups in total. The van der Waals surface area contributed by atoms with Gasteiger partial charge in [-0.25, -0.2) is 10.8 Å². The van der Waals surface area contributed by atoms with Gasteiger partial charge in [0.1, 0.15) is 17.3 Å². The lowest BCUT2D eigenvalue weighted by Crippen LogP contribution is -2.41. The van der Waals surface area contributed by atoms with Crippen LogP contribution in [-0.4, -0.2) is 29.5 Å². The first kappa shape index (κ1) is 25.2. The Hall–Kier alpha value is -3.89. The summed E-state index contributed by atoms with van der Waals surface area (Å²) in [5.41, 5.74) is 16.4. The minimum Gasteiger partial charge on any atom is -0.391 e. The fraction of sp³-hybridized carbons (Fsp3) is 0.280. The summed E-state index contributed by atoms with van der Waals surface area (Å²) in [7, 11) is 1.89. The fourth-order valence-electron chi connectivity index (χ4n) is 4.13. The third-order valence-electron chi connectivity index (χ3n) is 6.18. The van der Waals surface area contributed by atoms with Gasteiger partial charge in [0, 0.05) is 35.6 Å². The van der Waals surface area contributed by atoms with Crippen LogP contribution in [0.25, 0.3) is 11.3 Å². The highest BCUT2D eigenvalue weighted by molar-refractivity contribution is 6.30. The van der Waals surface area contributed by atoms with Crippen LogP contribution in [0.1, 0.15) is 37.5 Å². The van der Waals surface area contributed by atoms with E-state index in [0.717, 1.165) is 53.4 Å². The molecule has 1 unspecified atom stereocenters. The van der Waals surface area contributed by atoms with Gasteiger partial charge in [0.05, 0.1) is 23.6 Å². The number of hydrogen-bond acceptors (Lipinski definition) is 8. The molecule has 190 valence electrons. The van der Waals surface area contributed by atoms with Gasteiger partial charge in [-0.3, -0.25) is 9.80 Å². The number of aromatic nitrogens is 2. The summed E-state index contributed by atoms with van der Waals surface area (Å²) in [5, 5.41) is 11.3. The first-order valence-corrected chi connectivity index (χ1v) is 12.2. The summed E-state index contributed by atoms with van der Waals surface area (Å²) >= 11 is 6.04. The van der Waals surface area contributed by atoms with E-state index in [-0.39, 0.29) is 17.6 Å². The topological polar surface area (TPSA) is 163 Å². The van der Waals surface area contributed by atoms with Crippen LogP contribution in [0, 0.1) is 0 Å². The third-order valence-corrected chi connectivity index (χ3v) is 6.42. The van der Waals surface area contributed by atoms with Crippen molar-refractivity contribution in [3.63, 3.8) is 0 Å². The summed E-state index contributed by atoms with van der Waals surface area (Å²) in [5.74, 6) is 6.14. The predicted molar refractivity (Wildman–Crippen MR) is 145 cm³/mol. The van der Waals surface area contributed by atoms with E-state index < -0.39 is 5.91 Å². The van der Waals surface area contributed by atoms with Crippen molar-refractivity contribution in [3.8, 4) is 11.3 Å². The van der Waals surface area contributed by atoms with Gasteiger partial charge in [0.2, 0.25) is 0 Å². The monoisotopic (exact) mass is 509 g/mol. The molecule has 11 heteroatoms. The smallest absolute Gasteiger partial charge is 0.271 e. The fourth-order valence-corrected chi connectivity index (χ4v) is 4.31. The number of aromatic amines is 1. The Morgan fingerprint density at radius 3 is 2.78 bits per heavy atom. The zero-order chi connectivity index (χ0) is 25.7. The van der Waals surface area contributed by atoms with Crippen LogP contribution < -0.4 is 38.3 Å². The molecule has 4 rings (SSSR count). The Balaban J connectivity index is 1.58. The van der Waals surface area contributed by atoms with E-state index in [0.29, 0.717) is 23.0 Å². The van der Waals surface area contributed by atoms with Crippen LogP contribution >= 0.6 is 11.6 Å². The molecule has 0 fully saturated rings. The van der Waals surface area contributed by atoms with Crippen LogP contribution in [0.3, 0.4) is 0 Å². The average Bonchev–Trinajstić information content (AvgIpc) is 3.38. The average molecular weight is 510 g/mol. The molecule has 0 saturated heterocycles. The van der Waals surface area contributed by atoms with Crippen LogP contribution in [0.4, 0.5) is 17.1 Å². The number of nitrogens with one attached hydrogen (secondary N) is 4. The zero-order valence-electron chi connectivity index (χ0n) is 20.1. The number of rotatable bonds is 5. The lowest BCUT2D eigenvalue weighted by atomic mass is 10.1. The maximum Gasteiger partial charge on any atom is 0.271 e. The van der Waals surface area contributed by atoms with Crippen molar-refractivity contribution in [1.82, 2.24) is 15.3 Å². The van der Waals surface area contributed by atoms with E-state index in [1.54, 1.807) is 30.5 Å². The summed E-state index contributed by atoms with van der Waals surface area (Å²) in [4.78, 5) is 21.0. The normalized spacial score (nSPS) is 16.4. The summed E-state index contributed by atoms with van der Waals surface area (Å²) in [6.45, 7) is 0.847. The van der Waals surface area contributed by atoms with E-state index >= 15 is 0 Å². The van der Waals surface area contributed by atoms with Crippen molar-refractivity contribution >= 4 is 34.6 Å². The molecule has 2 aromatic carbocycles. The summed E-state index contributed by atoms with van der Waals surface area (Å²) < 4.78 is 0. The number of anilines is 3. The Morgan fingerprint density at radius 2 is 2.00 bits per heavy atom. The van der Waals surface area contributed by atoms with Crippen molar-refractivity contribution in [2.24, 2.45) is 17.3 Å². The van der Waals surface area contributed by atoms with Crippen LogP contribution in [-0.2, 0) is 4.79 Å². The largest absolute Gasteiger partial charge is 0.391 e. The Bertz CT molecular complexity index is 1260. The van der Waals surface area contributed by atoms with Crippen LogP contribution in [0.15, 0.2) is 60.2 Å². The third kappa shape index (κ3) is 5.67. The van der Waals surface area contributed by atoms with Gasteiger partial charge in [-0.1, -0.05) is 30.5 Å². The van der Waals surface area contributed by atoms with E-state index in [9.17, 15) is 4.79 Å². The van der Waals surface area contributed by atoms with Crippen LogP contribution in [0.5, 0.6) is 0 Å². The van der Waals surface area contributed by atoms with Gasteiger partial charge in [0.15, 0.2) is 0 Å². The number of H-pyrrole nitrogens is 1. The molecule has 0 radical (unpaired) electrons. The number of hydrogen-bond donors (Lipinski definition) is 7. The highest BCUT2D eigenvalue weighted by Crippen LogP contribution is 2.31. The molecule has 2 bridgehead atoms. The number of nitrogens with zero attached hydrogens (tertiary/aromatic N) is 2. The number of carbonyl (C=O) groups is 1. The van der Waals surface area contributed by atoms with E-state index in [2.05, 4.69) is 32.0 Å². The highest BCUT2D eigenvalue weighted by Gasteiger charge is 2.23. The molecule has 1 amide bonds. The van der Waals surface area contributed by atoms with E-state index in [1.165, 1.54) is 0 Å². The SMILES string of the molecule is CNc1ccc2c(c1)NCCCCCC(NC(=O)/C(N)=C(\N)N(N)c1cccc(Cl)c1)c1ncc-2[nH]1. The number of benzene rings is 2. The molecule has 1 aliphatic rings. The number of imidazole rings is 1. The molecular weight excluding hydrogens is 478 g/mol. The molecule has 1 aliphatic heterocycles. The molecule has 3 aromatic rings. The summed E-state index contributed by atoms with van der Waals surface area (Å²) in [6, 6.07) is 12.5. The molecule has 0 saturated carbocycles. The van der Waals surface area contributed by atoms with Crippen LogP contribution in [0.2, 0.25) is 5.02 Å². The van der Waals surface area contributed by atoms with Gasteiger partial charge in [-0.15, -0.1) is 0 Å². The van der Waals surface area contributed by atoms with Gasteiger partial charge in [0.25, 0.3) is 5.91 Å². The van der Waals surface area contributed by atoms with Crippen molar-refractivity contribution < 1.29 is 4.79 Å². The molecular formula is C25H32ClN9O. The lowest BCUT2D eigenvalue weighted by molar-refractivity contribution is -0.118. The van der Waals surface area contributed by atoms with Gasteiger partial charge < -0.3 is 32.4 Å². The Morgan fingerprint density at radius 1 is 1.17 bits per heavy atom. The minimum atomic E-state index is -0.527. The second-order valence-electron chi connectivity index (χ2n) is 8.64. The number of hydrazine groups is 1. The molecule has 0 aliphatic carbocycles. The lowest BCUT2D eigenvalue weighted by Gasteiger charge is -2.22. The van der Waals surface area contributed by atoms with E-state index in [1.807, 2.05) is 19.2 Å². The standard InChI is InChI=1S/C25H32ClN9O/c1-30-16-9-10-18-20(13-16)31-11-4-2-3-8-19(24-32-14-21(18)33-24)34-25(36)22(27)23(28)35(29)17-7-5-6-15(26)12-17/h5-7,9-10,12-14,19,30-31H,2-4,8,11,27-29H2,1H3,(H,32,33)(H,34,36)/b23-22-. The predicted octanol–water partition coefficient (Wildman–Crippen LogP) is 3.38. The molecule has 10 nitrogen and oxygen atoms in total. The van der Waals surface area contributed by atoms with Gasteiger partial charge in [-0.2, -0.15) is 0 Å². The maximum absolute atomic E-state index is 13.1. The molecule has 36 heavy (non-hydrogen) atoms. The maximum atomic E-state index is 13.1. The Labute approximate surface area is 215 Å². The first-order chi connectivity index (χ1) is 17.4. The van der Waals surface area contributed by atoms with Gasteiger partial charge in [-0.05, 0) is 49.2 Å². The highest BCUT2D eigenvalue weighted by atomic mass is 35.5. The minimum absolute atomic E-state index is 0.0802. The van der Waals surface area contributed by atoms with Gasteiger partial charge >= 0.3 is 0 Å². The second-order valence-corrected chi connectivity index (χ2v) is 9.08. The first-order valence-electron chi connectivity index (χ1n) is 11.8. The summed E-state index contributed by atoms with van der Waals surface area (Å²) in [6.07, 6.45) is 5.36. The number of amides is 1. The van der Waals surface area contributed by atoms with E-state index in [4.69, 9.17) is 28.9 Å². The molecule has 0 spiro atoms. The molecule has 2 heterocycles. The Kier molecular flexibility index (Phi) is 7.87. The number of nitrogens with two attached hydrogens (primary N) is 3. The van der Waals surface area contributed by atoms with Crippen molar-refractivity contribution in [2.75, 3.05) is 29.2 Å². The number of fused-ring (bicyclic) bond motifs is 4. The number of carbonyl (C=O) groups excluding carboxylic acids is 1.